The van der Waals surface area contributed by atoms with Crippen molar-refractivity contribution in [3.05, 3.63) is 0 Å². The van der Waals surface area contributed by atoms with E-state index in [1.54, 1.807) is 0 Å². The summed E-state index contributed by atoms with van der Waals surface area (Å²) in [5, 5.41) is 0. The van der Waals surface area contributed by atoms with Crippen molar-refractivity contribution in [1.82, 2.24) is 4.90 Å². The highest BCUT2D eigenvalue weighted by Crippen LogP contribution is 2.35. The van der Waals surface area contributed by atoms with Crippen LogP contribution in [-0.2, 0) is 4.74 Å². The zero-order chi connectivity index (χ0) is 13.0. The maximum absolute atomic E-state index is 5.91. The summed E-state index contributed by atoms with van der Waals surface area (Å²) in [4.78, 5) is 3.20. The zero-order valence-corrected chi connectivity index (χ0v) is 12.8. The van der Waals surface area contributed by atoms with Gasteiger partial charge in [-0.3, -0.25) is 0 Å². The van der Waals surface area contributed by atoms with E-state index in [1.165, 1.54) is 19.3 Å². The number of likely N-dealkylation sites (tertiary alicyclic amines) is 1. The van der Waals surface area contributed by atoms with Crippen molar-refractivity contribution in [1.29, 1.82) is 0 Å². The number of ether oxygens (including phenoxy) is 1. The molecular weight excluding hydrogens is 264 g/mol. The fourth-order valence-corrected chi connectivity index (χ4v) is 4.13. The molecule has 0 radical (unpaired) electrons. The van der Waals surface area contributed by atoms with Crippen LogP contribution >= 0.6 is 24.0 Å². The van der Waals surface area contributed by atoms with Gasteiger partial charge in [0, 0.05) is 13.2 Å². The van der Waals surface area contributed by atoms with Crippen LogP contribution in [0.25, 0.3) is 0 Å². The minimum Gasteiger partial charge on any atom is -0.392 e. The molecule has 2 heterocycles. The molecule has 104 valence electrons. The van der Waals surface area contributed by atoms with Crippen LogP contribution in [0.5, 0.6) is 0 Å². The Hall–Kier alpha value is 0.160. The van der Waals surface area contributed by atoms with E-state index in [4.69, 9.17) is 22.7 Å². The third-order valence-corrected chi connectivity index (χ3v) is 6.17. The number of hydrogen-bond donors (Lipinski definition) is 1. The average Bonchev–Trinajstić information content (AvgIpc) is 2.41. The Morgan fingerprint density at radius 3 is 2.67 bits per heavy atom. The second-order valence-corrected chi connectivity index (χ2v) is 6.98. The number of hydrogen-bond acceptors (Lipinski definition) is 4. The fourth-order valence-electron chi connectivity index (χ4n) is 2.89. The molecule has 1 atom stereocenters. The highest BCUT2D eigenvalue weighted by Gasteiger charge is 2.37. The Bertz CT molecular complexity index is 285. The van der Waals surface area contributed by atoms with Crippen LogP contribution < -0.4 is 5.73 Å². The molecule has 0 bridgehead atoms. The molecule has 2 rings (SSSR count). The monoisotopic (exact) mass is 288 g/mol. The van der Waals surface area contributed by atoms with Gasteiger partial charge in [-0.25, -0.2) is 0 Å². The van der Waals surface area contributed by atoms with Gasteiger partial charge in [0.25, 0.3) is 0 Å². The van der Waals surface area contributed by atoms with E-state index in [0.29, 0.717) is 11.1 Å². The molecule has 2 fully saturated rings. The summed E-state index contributed by atoms with van der Waals surface area (Å²) in [5.74, 6) is 0. The third kappa shape index (κ3) is 3.38. The summed E-state index contributed by atoms with van der Waals surface area (Å²) in [6.07, 6.45) is 8.50. The lowest BCUT2D eigenvalue weighted by Gasteiger charge is -2.41. The number of nitrogens with two attached hydrogens (primary N) is 1. The molecule has 0 saturated carbocycles. The van der Waals surface area contributed by atoms with Crippen LogP contribution in [0.15, 0.2) is 0 Å². The smallest absolute Gasteiger partial charge is 0.0891 e. The van der Waals surface area contributed by atoms with Crippen LogP contribution in [0.3, 0.4) is 0 Å². The van der Waals surface area contributed by atoms with Crippen molar-refractivity contribution < 1.29 is 4.74 Å². The molecule has 0 aromatic heterocycles. The quantitative estimate of drug-likeness (QED) is 0.802. The van der Waals surface area contributed by atoms with Gasteiger partial charge < -0.3 is 15.4 Å². The first-order valence-electron chi connectivity index (χ1n) is 6.85. The number of nitrogens with zero attached hydrogens (tertiary/aromatic N) is 1. The first-order valence-corrected chi connectivity index (χ1v) is 8.48. The molecule has 0 amide bonds. The van der Waals surface area contributed by atoms with Crippen molar-refractivity contribution in [2.45, 2.75) is 43.0 Å². The van der Waals surface area contributed by atoms with Gasteiger partial charge in [0.2, 0.25) is 0 Å². The van der Waals surface area contributed by atoms with Crippen molar-refractivity contribution in [3.8, 4) is 0 Å². The first kappa shape index (κ1) is 14.6. The SMILES string of the molecule is CSC1(C(N)=S)CCN(CC2CCCCO2)CC1. The molecule has 2 aliphatic heterocycles. The Balaban J connectivity index is 1.80. The van der Waals surface area contributed by atoms with E-state index < -0.39 is 0 Å². The highest BCUT2D eigenvalue weighted by molar-refractivity contribution is 8.02. The number of rotatable bonds is 4. The molecule has 5 heteroatoms. The maximum Gasteiger partial charge on any atom is 0.0891 e. The summed E-state index contributed by atoms with van der Waals surface area (Å²) < 4.78 is 5.85. The molecule has 2 saturated heterocycles. The van der Waals surface area contributed by atoms with Gasteiger partial charge in [0.1, 0.15) is 0 Å². The van der Waals surface area contributed by atoms with Gasteiger partial charge in [-0.05, 0) is 51.4 Å². The van der Waals surface area contributed by atoms with Gasteiger partial charge in [0.15, 0.2) is 0 Å². The second-order valence-electron chi connectivity index (χ2n) is 5.35. The van der Waals surface area contributed by atoms with Gasteiger partial charge in [0.05, 0.1) is 15.8 Å². The number of thioether (sulfide) groups is 1. The summed E-state index contributed by atoms with van der Waals surface area (Å²) in [7, 11) is 0. The number of piperidine rings is 1. The Morgan fingerprint density at radius 2 is 2.17 bits per heavy atom. The lowest BCUT2D eigenvalue weighted by molar-refractivity contribution is -0.00903. The molecule has 3 nitrogen and oxygen atoms in total. The van der Waals surface area contributed by atoms with Crippen LogP contribution in [0.4, 0.5) is 0 Å². The largest absolute Gasteiger partial charge is 0.392 e. The summed E-state index contributed by atoms with van der Waals surface area (Å²) in [6, 6.07) is 0. The summed E-state index contributed by atoms with van der Waals surface area (Å²) in [6.45, 7) is 4.22. The topological polar surface area (TPSA) is 38.5 Å². The second kappa shape index (κ2) is 6.55. The average molecular weight is 288 g/mol. The molecule has 0 spiro atoms. The predicted molar refractivity (Wildman–Crippen MR) is 82.3 cm³/mol. The van der Waals surface area contributed by atoms with E-state index in [-0.39, 0.29) is 4.75 Å². The van der Waals surface area contributed by atoms with Gasteiger partial charge in [-0.2, -0.15) is 11.8 Å². The summed E-state index contributed by atoms with van der Waals surface area (Å²) >= 11 is 7.07. The van der Waals surface area contributed by atoms with Crippen molar-refractivity contribution in [3.63, 3.8) is 0 Å². The van der Waals surface area contributed by atoms with E-state index in [2.05, 4.69) is 11.2 Å². The van der Waals surface area contributed by atoms with Crippen LogP contribution in [0.2, 0.25) is 0 Å². The molecular formula is C13H24N2OS2. The molecule has 0 aliphatic carbocycles. The van der Waals surface area contributed by atoms with Gasteiger partial charge in [-0.1, -0.05) is 12.2 Å². The molecule has 2 N–H and O–H groups in total. The van der Waals surface area contributed by atoms with Gasteiger partial charge in [-0.15, -0.1) is 0 Å². The molecule has 0 aromatic rings. The zero-order valence-electron chi connectivity index (χ0n) is 11.2. The molecule has 1 unspecified atom stereocenters. The van der Waals surface area contributed by atoms with Crippen molar-refractivity contribution in [2.75, 3.05) is 32.5 Å². The van der Waals surface area contributed by atoms with Gasteiger partial charge >= 0.3 is 0 Å². The van der Waals surface area contributed by atoms with E-state index in [1.807, 2.05) is 11.8 Å². The Labute approximate surface area is 120 Å². The first-order chi connectivity index (χ1) is 8.66. The number of thiocarbonyl (C=S) groups is 1. The van der Waals surface area contributed by atoms with Crippen LogP contribution in [0.1, 0.15) is 32.1 Å². The standard InChI is InChI=1S/C13H24N2OS2/c1-18-13(12(14)17)5-7-15(8-6-13)10-11-4-2-3-9-16-11/h11H,2-10H2,1H3,(H2,14,17). The Kier molecular flexibility index (Phi) is 5.30. The molecule has 18 heavy (non-hydrogen) atoms. The summed E-state index contributed by atoms with van der Waals surface area (Å²) in [5.41, 5.74) is 5.91. The van der Waals surface area contributed by atoms with E-state index >= 15 is 0 Å². The lowest BCUT2D eigenvalue weighted by atomic mass is 9.95. The van der Waals surface area contributed by atoms with Crippen molar-refractivity contribution in [2.24, 2.45) is 5.73 Å². The van der Waals surface area contributed by atoms with E-state index in [0.717, 1.165) is 39.1 Å². The minimum absolute atomic E-state index is 0.0409. The third-order valence-electron chi connectivity index (χ3n) is 4.24. The van der Waals surface area contributed by atoms with Crippen molar-refractivity contribution >= 4 is 29.0 Å². The highest BCUT2D eigenvalue weighted by atomic mass is 32.2. The van der Waals surface area contributed by atoms with Crippen LogP contribution in [-0.4, -0.2) is 53.2 Å². The molecule has 0 aromatic carbocycles. The maximum atomic E-state index is 5.91. The van der Waals surface area contributed by atoms with Crippen LogP contribution in [0, 0.1) is 0 Å². The fraction of sp³-hybridized carbons (Fsp3) is 0.923. The molecule has 2 aliphatic rings. The lowest BCUT2D eigenvalue weighted by Crippen LogP contribution is -2.50. The Morgan fingerprint density at radius 1 is 1.44 bits per heavy atom. The minimum atomic E-state index is 0.0409. The van der Waals surface area contributed by atoms with E-state index in [9.17, 15) is 0 Å². The normalized spacial score (nSPS) is 29.1. The predicted octanol–water partition coefficient (Wildman–Crippen LogP) is 2.04.